The van der Waals surface area contributed by atoms with Crippen LogP contribution in [0.1, 0.15) is 44.5 Å². The maximum absolute atomic E-state index is 6.58. The summed E-state index contributed by atoms with van der Waals surface area (Å²) in [6.45, 7) is 0. The van der Waals surface area contributed by atoms with Crippen molar-refractivity contribution in [2.24, 2.45) is 0 Å². The molecule has 2 aliphatic heterocycles. The fourth-order valence-corrected chi connectivity index (χ4v) is 15.4. The molecule has 16 rings (SSSR count). The molecule has 4 aliphatic rings. The van der Waals surface area contributed by atoms with Crippen LogP contribution in [0.15, 0.2) is 267 Å². The predicted octanol–water partition coefficient (Wildman–Crippen LogP) is 17.8. The first-order valence-corrected chi connectivity index (χ1v) is 26.2. The summed E-state index contributed by atoms with van der Waals surface area (Å²) in [5.41, 5.74) is 21.4. The standard InChI is InChI=1S/C67H40N2OS2/c1-6-21-49-44(16-1)45-17-2-7-22-50(45)66(49)53-25-10-13-30-61(53)71-63-36-32-41(38-55(63)66)57-35-33-43(40-68-57)69(58-27-15-29-60-65(58)48-20-5-12-28-59(48)70-60)42-34-37-64-56(39-42)67(54-26-11-14-31-62(54)72-64)51-23-8-3-18-46(51)47-19-4-9-24-52(47)67/h1-40H. The second-order valence-corrected chi connectivity index (χ2v) is 21.4. The van der Waals surface area contributed by atoms with Crippen molar-refractivity contribution >= 4 is 62.5 Å². The summed E-state index contributed by atoms with van der Waals surface area (Å²) in [5, 5.41) is 2.14. The quantitative estimate of drug-likeness (QED) is 0.175. The highest BCUT2D eigenvalue weighted by atomic mass is 32.2. The summed E-state index contributed by atoms with van der Waals surface area (Å²) >= 11 is 3.74. The zero-order valence-electron chi connectivity index (χ0n) is 38.7. The van der Waals surface area contributed by atoms with Gasteiger partial charge in [-0.2, -0.15) is 0 Å². The average molecular weight is 953 g/mol. The van der Waals surface area contributed by atoms with Crippen molar-refractivity contribution in [3.63, 3.8) is 0 Å². The molecule has 12 aromatic rings. The van der Waals surface area contributed by atoms with Crippen molar-refractivity contribution < 1.29 is 4.42 Å². The predicted molar refractivity (Wildman–Crippen MR) is 294 cm³/mol. The van der Waals surface area contributed by atoms with E-state index in [0.717, 1.165) is 50.3 Å². The topological polar surface area (TPSA) is 29.3 Å². The van der Waals surface area contributed by atoms with Gasteiger partial charge >= 0.3 is 0 Å². The van der Waals surface area contributed by atoms with Crippen molar-refractivity contribution in [1.82, 2.24) is 4.98 Å². The molecule has 0 amide bonds. The molecule has 0 unspecified atom stereocenters. The number of pyridine rings is 1. The van der Waals surface area contributed by atoms with Crippen LogP contribution >= 0.6 is 23.5 Å². The van der Waals surface area contributed by atoms with Gasteiger partial charge in [-0.3, -0.25) is 4.98 Å². The number of nitrogens with zero attached hydrogens (tertiary/aromatic N) is 2. The Morgan fingerprint density at radius 2 is 0.833 bits per heavy atom. The lowest BCUT2D eigenvalue weighted by molar-refractivity contribution is 0.669. The van der Waals surface area contributed by atoms with E-state index in [4.69, 9.17) is 9.40 Å². The molecule has 2 aliphatic carbocycles. The van der Waals surface area contributed by atoms with Crippen molar-refractivity contribution in [3.8, 4) is 33.5 Å². The number of furan rings is 1. The van der Waals surface area contributed by atoms with Gasteiger partial charge < -0.3 is 9.32 Å². The minimum absolute atomic E-state index is 0.466. The third-order valence-corrected chi connectivity index (χ3v) is 18.2. The normalized spacial score (nSPS) is 14.5. The molecule has 0 fully saturated rings. The minimum atomic E-state index is -0.522. The van der Waals surface area contributed by atoms with Crippen LogP contribution in [0.25, 0.3) is 55.4 Å². The summed E-state index contributed by atoms with van der Waals surface area (Å²) in [6.07, 6.45) is 2.06. The Balaban J connectivity index is 0.897. The van der Waals surface area contributed by atoms with E-state index in [9.17, 15) is 0 Å². The van der Waals surface area contributed by atoms with Crippen molar-refractivity contribution in [2.45, 2.75) is 30.4 Å². The van der Waals surface area contributed by atoms with Gasteiger partial charge in [-0.25, -0.2) is 0 Å². The van der Waals surface area contributed by atoms with E-state index in [1.54, 1.807) is 0 Å². The zero-order valence-corrected chi connectivity index (χ0v) is 40.3. The van der Waals surface area contributed by atoms with Crippen LogP contribution in [0.5, 0.6) is 0 Å². The van der Waals surface area contributed by atoms with E-state index >= 15 is 0 Å². The van der Waals surface area contributed by atoms with Crippen LogP contribution in [0.2, 0.25) is 0 Å². The minimum Gasteiger partial charge on any atom is -0.456 e. The summed E-state index contributed by atoms with van der Waals surface area (Å²) in [5.74, 6) is 0. The molecule has 336 valence electrons. The van der Waals surface area contributed by atoms with Gasteiger partial charge in [0.25, 0.3) is 0 Å². The first-order chi connectivity index (χ1) is 35.7. The molecule has 0 saturated carbocycles. The van der Waals surface area contributed by atoms with E-state index in [1.807, 2.05) is 29.6 Å². The van der Waals surface area contributed by atoms with Crippen molar-refractivity contribution in [2.75, 3.05) is 4.90 Å². The maximum atomic E-state index is 6.58. The van der Waals surface area contributed by atoms with Gasteiger partial charge in [0, 0.05) is 36.2 Å². The molecule has 0 radical (unpaired) electrons. The third-order valence-electron chi connectivity index (χ3n) is 15.9. The lowest BCUT2D eigenvalue weighted by Gasteiger charge is -2.40. The summed E-state index contributed by atoms with van der Waals surface area (Å²) in [4.78, 5) is 12.9. The molecule has 2 spiro atoms. The molecule has 2 aromatic heterocycles. The van der Waals surface area contributed by atoms with E-state index < -0.39 is 10.8 Å². The number of para-hydroxylation sites is 1. The van der Waals surface area contributed by atoms with Gasteiger partial charge in [-0.15, -0.1) is 0 Å². The highest BCUT2D eigenvalue weighted by molar-refractivity contribution is 7.99. The van der Waals surface area contributed by atoms with Crippen molar-refractivity contribution in [1.29, 1.82) is 0 Å². The molecule has 0 saturated heterocycles. The van der Waals surface area contributed by atoms with E-state index in [2.05, 4.69) is 242 Å². The van der Waals surface area contributed by atoms with E-state index in [-0.39, 0.29) is 0 Å². The molecular weight excluding hydrogens is 913 g/mol. The van der Waals surface area contributed by atoms with Crippen LogP contribution in [-0.2, 0) is 10.8 Å². The van der Waals surface area contributed by atoms with Gasteiger partial charge in [0.2, 0.25) is 0 Å². The number of benzene rings is 10. The van der Waals surface area contributed by atoms with E-state index in [0.29, 0.717) is 0 Å². The third kappa shape index (κ3) is 5.31. The fourth-order valence-electron chi connectivity index (χ4n) is 13.1. The van der Waals surface area contributed by atoms with E-state index in [1.165, 1.54) is 86.3 Å². The van der Waals surface area contributed by atoms with Crippen LogP contribution in [0.3, 0.4) is 0 Å². The van der Waals surface area contributed by atoms with Crippen LogP contribution in [0, 0.1) is 0 Å². The number of fused-ring (bicyclic) bond motifs is 21. The highest BCUT2D eigenvalue weighted by Gasteiger charge is 2.52. The van der Waals surface area contributed by atoms with Gasteiger partial charge in [0.05, 0.1) is 39.5 Å². The number of aromatic nitrogens is 1. The Morgan fingerprint density at radius 3 is 1.42 bits per heavy atom. The fraction of sp³-hybridized carbons (Fsp3) is 0.0299. The number of hydrogen-bond acceptors (Lipinski definition) is 5. The smallest absolute Gasteiger partial charge is 0.137 e. The average Bonchev–Trinajstić information content (AvgIpc) is 4.07. The largest absolute Gasteiger partial charge is 0.456 e. The summed E-state index contributed by atoms with van der Waals surface area (Å²) in [6, 6.07) is 87.5. The molecule has 5 heteroatoms. The maximum Gasteiger partial charge on any atom is 0.137 e. The molecule has 0 bridgehead atoms. The lowest BCUT2D eigenvalue weighted by Crippen LogP contribution is -2.32. The molecular formula is C67H40N2OS2. The van der Waals surface area contributed by atoms with Gasteiger partial charge in [0.1, 0.15) is 11.2 Å². The van der Waals surface area contributed by atoms with Crippen LogP contribution < -0.4 is 4.90 Å². The Bertz CT molecular complexity index is 4170. The second kappa shape index (κ2) is 15.1. The van der Waals surface area contributed by atoms with Crippen LogP contribution in [0.4, 0.5) is 17.1 Å². The van der Waals surface area contributed by atoms with Gasteiger partial charge in [-0.1, -0.05) is 187 Å². The van der Waals surface area contributed by atoms with Crippen molar-refractivity contribution in [3.05, 3.63) is 287 Å². The molecule has 72 heavy (non-hydrogen) atoms. The number of rotatable bonds is 4. The molecule has 4 heterocycles. The monoisotopic (exact) mass is 952 g/mol. The summed E-state index contributed by atoms with van der Waals surface area (Å²) in [7, 11) is 0. The lowest BCUT2D eigenvalue weighted by atomic mass is 9.67. The SMILES string of the molecule is c1ccc2c(c1)Sc1ccc(-c3ccc(N(c4ccc5c(c4)C4(c6ccccc6S5)c5ccccc5-c5ccccc54)c4cccc5oc6ccccc6c45)cn3)cc1C21c2ccccc2-c2ccccc21. The number of hydrogen-bond donors (Lipinski definition) is 0. The first kappa shape index (κ1) is 40.4. The Kier molecular flexibility index (Phi) is 8.46. The Morgan fingerprint density at radius 1 is 0.361 bits per heavy atom. The molecule has 10 aromatic carbocycles. The Labute approximate surface area is 425 Å². The van der Waals surface area contributed by atoms with Gasteiger partial charge in [0.15, 0.2) is 0 Å². The molecule has 0 atom stereocenters. The second-order valence-electron chi connectivity index (χ2n) is 19.3. The first-order valence-electron chi connectivity index (χ1n) is 24.6. The highest BCUT2D eigenvalue weighted by Crippen LogP contribution is 2.64. The van der Waals surface area contributed by atoms with Gasteiger partial charge in [-0.05, 0) is 140 Å². The zero-order chi connectivity index (χ0) is 47.1. The number of anilines is 3. The van der Waals surface area contributed by atoms with Crippen LogP contribution in [-0.4, -0.2) is 4.98 Å². The molecule has 0 N–H and O–H groups in total. The molecule has 3 nitrogen and oxygen atoms in total. The Hall–Kier alpha value is -8.35. The summed E-state index contributed by atoms with van der Waals surface area (Å²) < 4.78 is 6.58.